The third-order valence-corrected chi connectivity index (χ3v) is 5.82. The summed E-state index contributed by atoms with van der Waals surface area (Å²) in [4.78, 5) is 19.0. The van der Waals surface area contributed by atoms with E-state index in [4.69, 9.17) is 9.97 Å². The van der Waals surface area contributed by atoms with Crippen molar-refractivity contribution in [3.8, 4) is 0 Å². The van der Waals surface area contributed by atoms with Gasteiger partial charge in [-0.2, -0.15) is 0 Å². The molecule has 0 amide bonds. The van der Waals surface area contributed by atoms with Gasteiger partial charge in [-0.05, 0) is 66.2 Å². The van der Waals surface area contributed by atoms with Crippen LogP contribution >= 0.6 is 0 Å². The van der Waals surface area contributed by atoms with Gasteiger partial charge < -0.3 is 14.9 Å². The minimum Gasteiger partial charge on any atom is -0.375 e. The molecule has 33 heavy (non-hydrogen) atoms. The van der Waals surface area contributed by atoms with Gasteiger partial charge in [-0.3, -0.25) is 0 Å². The SMILES string of the molecule is CN(C)C1=C(c2ccccc2)c2cc3nc(cc4ccc(cc5ccc(cc1n2)[nH]5)[nH]4)C=C3. The lowest BCUT2D eigenvalue weighted by Crippen LogP contribution is -2.10. The zero-order chi connectivity index (χ0) is 22.4. The number of aromatic nitrogens is 4. The van der Waals surface area contributed by atoms with Crippen molar-refractivity contribution in [1.29, 1.82) is 0 Å². The van der Waals surface area contributed by atoms with Gasteiger partial charge in [0.25, 0.3) is 0 Å². The molecule has 2 aliphatic heterocycles. The first-order chi connectivity index (χ1) is 16.1. The van der Waals surface area contributed by atoms with E-state index in [9.17, 15) is 0 Å². The lowest BCUT2D eigenvalue weighted by atomic mass is 10.0. The van der Waals surface area contributed by atoms with Gasteiger partial charge in [0.2, 0.25) is 0 Å². The van der Waals surface area contributed by atoms with E-state index in [0.717, 1.165) is 61.7 Å². The Morgan fingerprint density at radius 3 is 1.88 bits per heavy atom. The highest BCUT2D eigenvalue weighted by Gasteiger charge is 2.23. The number of hydrogen-bond donors (Lipinski definition) is 2. The highest BCUT2D eigenvalue weighted by atomic mass is 15.1. The van der Waals surface area contributed by atoms with E-state index in [0.29, 0.717) is 0 Å². The van der Waals surface area contributed by atoms with Crippen LogP contribution in [-0.4, -0.2) is 38.9 Å². The summed E-state index contributed by atoms with van der Waals surface area (Å²) < 4.78 is 0. The Bertz CT molecular complexity index is 1580. The van der Waals surface area contributed by atoms with E-state index in [1.165, 1.54) is 0 Å². The second-order valence-electron chi connectivity index (χ2n) is 8.48. The van der Waals surface area contributed by atoms with Crippen LogP contribution in [0.2, 0.25) is 0 Å². The fourth-order valence-electron chi connectivity index (χ4n) is 4.40. The minimum atomic E-state index is 0.889. The molecule has 0 unspecified atom stereocenters. The molecular weight excluding hydrogens is 406 g/mol. The molecule has 0 aliphatic carbocycles. The Kier molecular flexibility index (Phi) is 4.47. The number of fused-ring (bicyclic) bond motifs is 8. The van der Waals surface area contributed by atoms with Gasteiger partial charge in [0.05, 0.1) is 28.5 Å². The monoisotopic (exact) mass is 429 g/mol. The Morgan fingerprint density at radius 2 is 1.21 bits per heavy atom. The Hall–Kier alpha value is -4.38. The second-order valence-corrected chi connectivity index (χ2v) is 8.48. The summed E-state index contributed by atoms with van der Waals surface area (Å²) in [7, 11) is 4.13. The molecule has 4 aromatic rings. The fourth-order valence-corrected chi connectivity index (χ4v) is 4.40. The maximum absolute atomic E-state index is 5.08. The number of hydrogen-bond acceptors (Lipinski definition) is 3. The zero-order valence-corrected chi connectivity index (χ0v) is 18.5. The molecule has 5 nitrogen and oxygen atoms in total. The molecule has 2 N–H and O–H groups in total. The minimum absolute atomic E-state index is 0.889. The van der Waals surface area contributed by atoms with Crippen LogP contribution in [0.15, 0.2) is 78.9 Å². The van der Waals surface area contributed by atoms with Crippen molar-refractivity contribution >= 4 is 45.5 Å². The van der Waals surface area contributed by atoms with Gasteiger partial charge in [-0.25, -0.2) is 9.97 Å². The van der Waals surface area contributed by atoms with Crippen LogP contribution in [-0.2, 0) is 0 Å². The fraction of sp³-hybridized carbons (Fsp3) is 0.0714. The van der Waals surface area contributed by atoms with Crippen LogP contribution in [0, 0.1) is 0 Å². The largest absolute Gasteiger partial charge is 0.375 e. The summed E-state index contributed by atoms with van der Waals surface area (Å²) in [5, 5.41) is 0. The van der Waals surface area contributed by atoms with Crippen LogP contribution in [0.5, 0.6) is 0 Å². The predicted molar refractivity (Wildman–Crippen MR) is 136 cm³/mol. The molecule has 0 atom stereocenters. The van der Waals surface area contributed by atoms with Crippen molar-refractivity contribution in [2.24, 2.45) is 0 Å². The summed E-state index contributed by atoms with van der Waals surface area (Å²) in [6.07, 6.45) is 4.08. The molecule has 2 aliphatic rings. The van der Waals surface area contributed by atoms with Gasteiger partial charge in [-0.1, -0.05) is 30.3 Å². The molecule has 0 radical (unpaired) electrons. The lowest BCUT2D eigenvalue weighted by molar-refractivity contribution is 0.593. The third-order valence-electron chi connectivity index (χ3n) is 5.82. The van der Waals surface area contributed by atoms with Crippen molar-refractivity contribution in [2.75, 3.05) is 14.1 Å². The molecule has 8 bridgehead atoms. The van der Waals surface area contributed by atoms with Crippen molar-refractivity contribution in [3.05, 3.63) is 107 Å². The molecule has 5 heteroatoms. The first kappa shape index (κ1) is 19.3. The molecule has 5 heterocycles. The van der Waals surface area contributed by atoms with Crippen molar-refractivity contribution in [3.63, 3.8) is 0 Å². The molecule has 160 valence electrons. The van der Waals surface area contributed by atoms with Gasteiger partial charge >= 0.3 is 0 Å². The van der Waals surface area contributed by atoms with E-state index in [-0.39, 0.29) is 0 Å². The lowest BCUT2D eigenvalue weighted by Gasteiger charge is -2.17. The van der Waals surface area contributed by atoms with Gasteiger partial charge in [-0.15, -0.1) is 0 Å². The Balaban J connectivity index is 1.71. The van der Waals surface area contributed by atoms with E-state index < -0.39 is 0 Å². The average molecular weight is 430 g/mol. The zero-order valence-electron chi connectivity index (χ0n) is 18.5. The molecule has 0 spiro atoms. The van der Waals surface area contributed by atoms with Crippen LogP contribution in [0.4, 0.5) is 0 Å². The molecule has 3 aromatic heterocycles. The van der Waals surface area contributed by atoms with Crippen molar-refractivity contribution < 1.29 is 0 Å². The second kappa shape index (κ2) is 7.64. The molecule has 6 rings (SSSR count). The number of nitrogens with one attached hydrogen (secondary N) is 2. The van der Waals surface area contributed by atoms with Crippen molar-refractivity contribution in [2.45, 2.75) is 0 Å². The molecule has 0 fully saturated rings. The summed E-state index contributed by atoms with van der Waals surface area (Å²) in [6.45, 7) is 0. The number of rotatable bonds is 2. The summed E-state index contributed by atoms with van der Waals surface area (Å²) in [5.74, 6) is 0. The van der Waals surface area contributed by atoms with Crippen molar-refractivity contribution in [1.82, 2.24) is 24.8 Å². The van der Waals surface area contributed by atoms with Crippen LogP contribution in [0.25, 0.3) is 45.5 Å². The number of nitrogens with zero attached hydrogens (tertiary/aromatic N) is 3. The topological polar surface area (TPSA) is 60.6 Å². The van der Waals surface area contributed by atoms with Gasteiger partial charge in [0, 0.05) is 41.7 Å². The van der Waals surface area contributed by atoms with E-state index in [1.54, 1.807) is 0 Å². The van der Waals surface area contributed by atoms with E-state index in [2.05, 4.69) is 102 Å². The van der Waals surface area contributed by atoms with Crippen LogP contribution < -0.4 is 0 Å². The Labute approximate surface area is 191 Å². The summed E-state index contributed by atoms with van der Waals surface area (Å²) in [5.41, 5.74) is 11.1. The summed E-state index contributed by atoms with van der Waals surface area (Å²) >= 11 is 0. The predicted octanol–water partition coefficient (Wildman–Crippen LogP) is 5.96. The normalized spacial score (nSPS) is 12.9. The van der Waals surface area contributed by atoms with Gasteiger partial charge in [0.15, 0.2) is 0 Å². The maximum atomic E-state index is 5.08. The number of benzene rings is 1. The van der Waals surface area contributed by atoms with E-state index >= 15 is 0 Å². The highest BCUT2D eigenvalue weighted by molar-refractivity contribution is 5.99. The molecule has 1 aromatic carbocycles. The Morgan fingerprint density at radius 1 is 0.606 bits per heavy atom. The summed E-state index contributed by atoms with van der Waals surface area (Å²) in [6, 6.07) is 27.1. The first-order valence-electron chi connectivity index (χ1n) is 11.0. The maximum Gasteiger partial charge on any atom is 0.0898 e. The number of H-pyrrole nitrogens is 2. The highest BCUT2D eigenvalue weighted by Crippen LogP contribution is 2.36. The number of aromatic amines is 2. The van der Waals surface area contributed by atoms with Crippen LogP contribution in [0.1, 0.15) is 28.3 Å². The smallest absolute Gasteiger partial charge is 0.0898 e. The third kappa shape index (κ3) is 3.64. The average Bonchev–Trinajstić information content (AvgIpc) is 3.58. The van der Waals surface area contributed by atoms with Gasteiger partial charge in [0.1, 0.15) is 0 Å². The standard InChI is InChI=1S/C28H23N5/c1-33(2)28-26-17-24-13-11-22(31-24)15-20-9-8-19(29-20)14-21-10-12-23(30-21)16-25(32-26)27(28)18-6-4-3-5-7-18/h3-17,29,31H,1-2H3. The first-order valence-corrected chi connectivity index (χ1v) is 11.0. The van der Waals surface area contributed by atoms with Crippen LogP contribution in [0.3, 0.4) is 0 Å². The molecule has 0 saturated carbocycles. The molecular formula is C28H23N5. The molecule has 0 saturated heterocycles. The van der Waals surface area contributed by atoms with E-state index in [1.807, 2.05) is 18.2 Å². The quantitative estimate of drug-likeness (QED) is 0.364.